The lowest BCUT2D eigenvalue weighted by Gasteiger charge is -2.25. The maximum Gasteiger partial charge on any atom is 0.332 e. The summed E-state index contributed by atoms with van der Waals surface area (Å²) in [6.07, 6.45) is 0.450. The van der Waals surface area contributed by atoms with Crippen LogP contribution in [0.25, 0.3) is 0 Å². The summed E-state index contributed by atoms with van der Waals surface area (Å²) in [4.78, 5) is 26.1. The van der Waals surface area contributed by atoms with Gasteiger partial charge in [0.2, 0.25) is 5.88 Å². The molecule has 0 spiro atoms. The number of urea groups is 1. The molecule has 1 aromatic heterocycles. The second kappa shape index (κ2) is 4.73. The Labute approximate surface area is 121 Å². The molecule has 1 aliphatic rings. The van der Waals surface area contributed by atoms with Crippen LogP contribution < -0.4 is 10.2 Å². The Hall–Kier alpha value is -2.63. The van der Waals surface area contributed by atoms with E-state index in [0.29, 0.717) is 12.1 Å². The first kappa shape index (κ1) is 13.4. The van der Waals surface area contributed by atoms with Crippen molar-refractivity contribution < 1.29 is 14.1 Å². The molecule has 0 radical (unpaired) electrons. The van der Waals surface area contributed by atoms with Crippen LogP contribution in [0.2, 0.25) is 0 Å². The van der Waals surface area contributed by atoms with Gasteiger partial charge in [-0.1, -0.05) is 42.4 Å². The lowest BCUT2D eigenvalue weighted by Crippen LogP contribution is -2.43. The molecule has 6 nitrogen and oxygen atoms in total. The largest absolute Gasteiger partial charge is 0.337 e. The van der Waals surface area contributed by atoms with Crippen LogP contribution in [-0.2, 0) is 10.3 Å². The van der Waals surface area contributed by atoms with Gasteiger partial charge in [-0.15, -0.1) is 0 Å². The zero-order valence-corrected chi connectivity index (χ0v) is 11.8. The predicted octanol–water partition coefficient (Wildman–Crippen LogP) is 2.34. The molecule has 1 unspecified atom stereocenters. The fraction of sp³-hybridized carbons (Fsp3) is 0.267. The second-order valence-electron chi connectivity index (χ2n) is 5.00. The van der Waals surface area contributed by atoms with E-state index < -0.39 is 11.6 Å². The van der Waals surface area contributed by atoms with Gasteiger partial charge in [0.05, 0.1) is 5.69 Å². The van der Waals surface area contributed by atoms with Crippen LogP contribution in [0.3, 0.4) is 0 Å². The van der Waals surface area contributed by atoms with E-state index in [4.69, 9.17) is 4.52 Å². The molecule has 108 valence electrons. The Morgan fingerprint density at radius 3 is 2.57 bits per heavy atom. The maximum absolute atomic E-state index is 12.8. The summed E-state index contributed by atoms with van der Waals surface area (Å²) in [6.45, 7) is 3.59. The molecule has 21 heavy (non-hydrogen) atoms. The van der Waals surface area contributed by atoms with Crippen LogP contribution in [0.1, 0.15) is 24.6 Å². The highest BCUT2D eigenvalue weighted by atomic mass is 16.5. The highest BCUT2D eigenvalue weighted by molar-refractivity contribution is 6.22. The molecule has 0 saturated carbocycles. The highest BCUT2D eigenvalue weighted by Gasteiger charge is 2.52. The van der Waals surface area contributed by atoms with Gasteiger partial charge in [-0.2, -0.15) is 4.90 Å². The Morgan fingerprint density at radius 2 is 2.00 bits per heavy atom. The van der Waals surface area contributed by atoms with Crippen molar-refractivity contribution in [1.82, 2.24) is 10.5 Å². The van der Waals surface area contributed by atoms with Crippen LogP contribution in [0.15, 0.2) is 40.9 Å². The smallest absolute Gasteiger partial charge is 0.332 e. The van der Waals surface area contributed by atoms with Gasteiger partial charge in [0.15, 0.2) is 0 Å². The van der Waals surface area contributed by atoms with E-state index >= 15 is 0 Å². The molecule has 1 aliphatic heterocycles. The molecule has 1 saturated heterocycles. The molecule has 2 heterocycles. The molecular formula is C15H15N3O3. The molecule has 3 rings (SSSR count). The van der Waals surface area contributed by atoms with Crippen molar-refractivity contribution in [2.24, 2.45) is 0 Å². The number of imide groups is 1. The average Bonchev–Trinajstić information content (AvgIpc) is 3.02. The number of aryl methyl sites for hydroxylation is 1. The van der Waals surface area contributed by atoms with Crippen molar-refractivity contribution in [3.8, 4) is 0 Å². The summed E-state index contributed by atoms with van der Waals surface area (Å²) in [5, 5.41) is 6.52. The summed E-state index contributed by atoms with van der Waals surface area (Å²) >= 11 is 0. The van der Waals surface area contributed by atoms with E-state index in [0.717, 1.165) is 10.5 Å². The fourth-order valence-corrected chi connectivity index (χ4v) is 2.59. The molecule has 0 bridgehead atoms. The van der Waals surface area contributed by atoms with Gasteiger partial charge in [-0.3, -0.25) is 4.79 Å². The number of aromatic nitrogens is 1. The number of rotatable bonds is 3. The van der Waals surface area contributed by atoms with Crippen molar-refractivity contribution >= 4 is 17.8 Å². The van der Waals surface area contributed by atoms with E-state index in [2.05, 4.69) is 10.5 Å². The molecule has 1 atom stereocenters. The van der Waals surface area contributed by atoms with Gasteiger partial charge in [0, 0.05) is 6.07 Å². The SMILES string of the molecule is CCC1(c2ccccc2)NC(=O)N(c2cc(C)no2)C1=O. The molecule has 6 heteroatoms. The number of nitrogens with zero attached hydrogens (tertiary/aromatic N) is 2. The van der Waals surface area contributed by atoms with Crippen LogP contribution in [0.4, 0.5) is 10.7 Å². The van der Waals surface area contributed by atoms with Gasteiger partial charge < -0.3 is 9.84 Å². The Kier molecular flexibility index (Phi) is 3.01. The van der Waals surface area contributed by atoms with Crippen LogP contribution >= 0.6 is 0 Å². The van der Waals surface area contributed by atoms with E-state index in [1.807, 2.05) is 37.3 Å². The third kappa shape index (κ3) is 1.91. The van der Waals surface area contributed by atoms with Crippen molar-refractivity contribution in [2.75, 3.05) is 4.90 Å². The van der Waals surface area contributed by atoms with Crippen LogP contribution in [-0.4, -0.2) is 17.1 Å². The van der Waals surface area contributed by atoms with E-state index in [1.54, 1.807) is 13.0 Å². The van der Waals surface area contributed by atoms with E-state index in [-0.39, 0.29) is 11.8 Å². The van der Waals surface area contributed by atoms with Crippen molar-refractivity contribution in [3.05, 3.63) is 47.7 Å². The molecule has 0 aliphatic carbocycles. The lowest BCUT2D eigenvalue weighted by molar-refractivity contribution is -0.122. The second-order valence-corrected chi connectivity index (χ2v) is 5.00. The first-order chi connectivity index (χ1) is 10.1. The summed E-state index contributed by atoms with van der Waals surface area (Å²) in [5.41, 5.74) is 0.308. The van der Waals surface area contributed by atoms with Crippen molar-refractivity contribution in [1.29, 1.82) is 0 Å². The van der Waals surface area contributed by atoms with Crippen LogP contribution in [0, 0.1) is 6.92 Å². The first-order valence-corrected chi connectivity index (χ1v) is 6.74. The Morgan fingerprint density at radius 1 is 1.29 bits per heavy atom. The minimum absolute atomic E-state index is 0.140. The van der Waals surface area contributed by atoms with Gasteiger partial charge in [0.1, 0.15) is 5.54 Å². The third-order valence-corrected chi connectivity index (χ3v) is 3.72. The number of hydrogen-bond acceptors (Lipinski definition) is 4. The highest BCUT2D eigenvalue weighted by Crippen LogP contribution is 2.34. The molecular weight excluding hydrogens is 270 g/mol. The average molecular weight is 285 g/mol. The van der Waals surface area contributed by atoms with Crippen molar-refractivity contribution in [3.63, 3.8) is 0 Å². The zero-order valence-electron chi connectivity index (χ0n) is 11.8. The number of carbonyl (C=O) groups is 2. The topological polar surface area (TPSA) is 75.4 Å². The number of amides is 3. The van der Waals surface area contributed by atoms with Crippen LogP contribution in [0.5, 0.6) is 0 Å². The van der Waals surface area contributed by atoms with Gasteiger partial charge >= 0.3 is 6.03 Å². The zero-order chi connectivity index (χ0) is 15.0. The maximum atomic E-state index is 12.8. The minimum Gasteiger partial charge on any atom is -0.337 e. The Balaban J connectivity index is 2.06. The van der Waals surface area contributed by atoms with E-state index in [1.165, 1.54) is 0 Å². The van der Waals surface area contributed by atoms with Gasteiger partial charge in [-0.05, 0) is 18.9 Å². The molecule has 1 fully saturated rings. The molecule has 1 N–H and O–H groups in total. The van der Waals surface area contributed by atoms with Crippen molar-refractivity contribution in [2.45, 2.75) is 25.8 Å². The number of anilines is 1. The molecule has 1 aromatic carbocycles. The van der Waals surface area contributed by atoms with Gasteiger partial charge in [-0.25, -0.2) is 4.79 Å². The van der Waals surface area contributed by atoms with E-state index in [9.17, 15) is 9.59 Å². The van der Waals surface area contributed by atoms with Gasteiger partial charge in [0.25, 0.3) is 5.91 Å². The number of carbonyl (C=O) groups excluding carboxylic acids is 2. The first-order valence-electron chi connectivity index (χ1n) is 6.74. The monoisotopic (exact) mass is 285 g/mol. The Bertz CT molecular complexity index is 695. The fourth-order valence-electron chi connectivity index (χ4n) is 2.59. The lowest BCUT2D eigenvalue weighted by atomic mass is 9.87. The summed E-state index contributed by atoms with van der Waals surface area (Å²) in [5.74, 6) is -0.210. The predicted molar refractivity (Wildman–Crippen MR) is 75.7 cm³/mol. The molecule has 2 aromatic rings. The third-order valence-electron chi connectivity index (χ3n) is 3.72. The quantitative estimate of drug-likeness (QED) is 0.878. The minimum atomic E-state index is -1.06. The number of nitrogens with one attached hydrogen (secondary N) is 1. The summed E-state index contributed by atoms with van der Waals surface area (Å²) < 4.78 is 5.06. The summed E-state index contributed by atoms with van der Waals surface area (Å²) in [7, 11) is 0. The normalized spacial score (nSPS) is 21.7. The standard InChI is InChI=1S/C15H15N3O3/c1-3-15(11-7-5-4-6-8-11)13(19)18(14(20)16-15)12-9-10(2)17-21-12/h4-9H,3H2,1-2H3,(H,16,20). The summed E-state index contributed by atoms with van der Waals surface area (Å²) in [6, 6.07) is 10.3. The number of hydrogen-bond donors (Lipinski definition) is 1. The molecule has 3 amide bonds. The number of benzene rings is 1.